The molecule has 0 saturated carbocycles. The highest BCUT2D eigenvalue weighted by atomic mass is 16.5. The molecule has 0 N–H and O–H groups in total. The summed E-state index contributed by atoms with van der Waals surface area (Å²) in [5, 5.41) is 0. The predicted octanol–water partition coefficient (Wildman–Crippen LogP) is 3.23. The van der Waals surface area contributed by atoms with Crippen molar-refractivity contribution >= 4 is 5.78 Å². The number of methoxy groups -OCH3 is 1. The van der Waals surface area contributed by atoms with E-state index in [1.54, 1.807) is 7.11 Å². The van der Waals surface area contributed by atoms with Gasteiger partial charge in [0.25, 0.3) is 0 Å². The first-order valence-corrected chi connectivity index (χ1v) is 6.13. The van der Waals surface area contributed by atoms with Crippen molar-refractivity contribution in [2.45, 2.75) is 46.1 Å². The van der Waals surface area contributed by atoms with Crippen LogP contribution in [0.4, 0.5) is 0 Å². The van der Waals surface area contributed by atoms with Gasteiger partial charge in [-0.05, 0) is 43.9 Å². The lowest BCUT2D eigenvalue weighted by molar-refractivity contribution is -0.119. The van der Waals surface area contributed by atoms with E-state index < -0.39 is 0 Å². The molecule has 0 aliphatic heterocycles. The van der Waals surface area contributed by atoms with Crippen molar-refractivity contribution < 1.29 is 9.53 Å². The Balaban J connectivity index is 2.48. The van der Waals surface area contributed by atoms with Crippen LogP contribution in [0.2, 0.25) is 0 Å². The molecule has 0 heterocycles. The number of hydrogen-bond acceptors (Lipinski definition) is 2. The van der Waals surface area contributed by atoms with E-state index in [9.17, 15) is 4.79 Å². The van der Waals surface area contributed by atoms with Crippen molar-refractivity contribution in [3.63, 3.8) is 0 Å². The molecule has 2 heteroatoms. The Hall–Kier alpha value is -1.15. The minimum absolute atomic E-state index is 0.165. The Kier molecular flexibility index (Phi) is 5.36. The number of benzene rings is 1. The van der Waals surface area contributed by atoms with E-state index in [-0.39, 0.29) is 11.9 Å². The third-order valence-electron chi connectivity index (χ3n) is 3.20. The predicted molar refractivity (Wildman–Crippen MR) is 70.3 cm³/mol. The zero-order chi connectivity index (χ0) is 12.8. The molecule has 0 saturated heterocycles. The van der Waals surface area contributed by atoms with Crippen LogP contribution >= 0.6 is 0 Å². The summed E-state index contributed by atoms with van der Waals surface area (Å²) in [5.41, 5.74) is 3.64. The zero-order valence-electron chi connectivity index (χ0n) is 11.2. The van der Waals surface area contributed by atoms with Gasteiger partial charge in [-0.1, -0.05) is 18.2 Å². The van der Waals surface area contributed by atoms with Gasteiger partial charge in [-0.2, -0.15) is 0 Å². The molecular weight excluding hydrogens is 212 g/mol. The normalized spacial score (nSPS) is 12.5. The van der Waals surface area contributed by atoms with E-state index in [2.05, 4.69) is 26.0 Å². The van der Waals surface area contributed by atoms with E-state index in [0.29, 0.717) is 12.8 Å². The Morgan fingerprint density at radius 1 is 1.29 bits per heavy atom. The molecule has 0 fully saturated rings. The number of ether oxygens (including phenoxy) is 1. The number of carbonyl (C=O) groups is 1. The minimum atomic E-state index is 0.165. The molecule has 1 unspecified atom stereocenters. The number of rotatable bonds is 6. The summed E-state index contributed by atoms with van der Waals surface area (Å²) in [6.45, 7) is 6.15. The third kappa shape index (κ3) is 4.70. The Labute approximate surface area is 104 Å². The highest BCUT2D eigenvalue weighted by Crippen LogP contribution is 2.12. The van der Waals surface area contributed by atoms with Gasteiger partial charge in [0, 0.05) is 20.0 Å². The molecule has 0 spiro atoms. The maximum absolute atomic E-state index is 11.8. The van der Waals surface area contributed by atoms with E-state index >= 15 is 0 Å². The summed E-state index contributed by atoms with van der Waals surface area (Å²) >= 11 is 0. The molecule has 0 amide bonds. The molecule has 0 radical (unpaired) electrons. The van der Waals surface area contributed by atoms with Gasteiger partial charge in [0.05, 0.1) is 6.10 Å². The number of ketones is 1. The van der Waals surface area contributed by atoms with Crippen LogP contribution in [0.3, 0.4) is 0 Å². The lowest BCUT2D eigenvalue weighted by Gasteiger charge is -2.08. The van der Waals surface area contributed by atoms with Gasteiger partial charge in [0.2, 0.25) is 0 Å². The quantitative estimate of drug-likeness (QED) is 0.755. The average molecular weight is 234 g/mol. The molecule has 0 bridgehead atoms. The van der Waals surface area contributed by atoms with Crippen molar-refractivity contribution in [2.75, 3.05) is 7.11 Å². The number of aryl methyl sites for hydroxylation is 2. The number of hydrogen-bond donors (Lipinski definition) is 0. The highest BCUT2D eigenvalue weighted by Gasteiger charge is 2.07. The van der Waals surface area contributed by atoms with E-state index in [4.69, 9.17) is 4.74 Å². The van der Waals surface area contributed by atoms with Crippen LogP contribution in [-0.2, 0) is 16.0 Å². The van der Waals surface area contributed by atoms with Crippen molar-refractivity contribution in [2.24, 2.45) is 0 Å². The van der Waals surface area contributed by atoms with Crippen molar-refractivity contribution in [1.82, 2.24) is 0 Å². The number of carbonyl (C=O) groups excluding carboxylic acids is 1. The Bertz CT molecular complexity index is 383. The standard InChI is InChI=1S/C15H22O2/c1-11-5-7-14(9-12(11)2)10-15(16)8-6-13(3)17-4/h5,7,9,13H,6,8,10H2,1-4H3. The summed E-state index contributed by atoms with van der Waals surface area (Å²) in [6, 6.07) is 6.22. The first-order chi connectivity index (χ1) is 8.02. The van der Waals surface area contributed by atoms with E-state index in [0.717, 1.165) is 12.0 Å². The van der Waals surface area contributed by atoms with Gasteiger partial charge < -0.3 is 4.74 Å². The topological polar surface area (TPSA) is 26.3 Å². The highest BCUT2D eigenvalue weighted by molar-refractivity contribution is 5.80. The molecule has 0 aromatic heterocycles. The second-order valence-electron chi connectivity index (χ2n) is 4.72. The molecular formula is C15H22O2. The smallest absolute Gasteiger partial charge is 0.137 e. The molecule has 2 nitrogen and oxygen atoms in total. The fourth-order valence-corrected chi connectivity index (χ4v) is 1.71. The van der Waals surface area contributed by atoms with Gasteiger partial charge >= 0.3 is 0 Å². The lowest BCUT2D eigenvalue weighted by atomic mass is 10.0. The molecule has 1 rings (SSSR count). The van der Waals surface area contributed by atoms with Gasteiger partial charge in [0.15, 0.2) is 0 Å². The maximum Gasteiger partial charge on any atom is 0.137 e. The first-order valence-electron chi connectivity index (χ1n) is 6.13. The fraction of sp³-hybridized carbons (Fsp3) is 0.533. The van der Waals surface area contributed by atoms with Crippen LogP contribution in [0.15, 0.2) is 18.2 Å². The van der Waals surface area contributed by atoms with E-state index in [1.807, 2.05) is 13.0 Å². The van der Waals surface area contributed by atoms with E-state index in [1.165, 1.54) is 11.1 Å². The molecule has 17 heavy (non-hydrogen) atoms. The molecule has 1 aromatic rings. The summed E-state index contributed by atoms with van der Waals surface area (Å²) in [7, 11) is 1.68. The monoisotopic (exact) mass is 234 g/mol. The van der Waals surface area contributed by atoms with Gasteiger partial charge in [0.1, 0.15) is 5.78 Å². The fourth-order valence-electron chi connectivity index (χ4n) is 1.71. The second-order valence-corrected chi connectivity index (χ2v) is 4.72. The lowest BCUT2D eigenvalue weighted by Crippen LogP contribution is -2.10. The molecule has 1 aromatic carbocycles. The van der Waals surface area contributed by atoms with Gasteiger partial charge in [-0.25, -0.2) is 0 Å². The summed E-state index contributed by atoms with van der Waals surface area (Å²) in [4.78, 5) is 11.8. The van der Waals surface area contributed by atoms with Crippen LogP contribution in [0.5, 0.6) is 0 Å². The minimum Gasteiger partial charge on any atom is -0.382 e. The van der Waals surface area contributed by atoms with Gasteiger partial charge in [-0.15, -0.1) is 0 Å². The largest absolute Gasteiger partial charge is 0.382 e. The Morgan fingerprint density at radius 3 is 2.59 bits per heavy atom. The van der Waals surface area contributed by atoms with Crippen LogP contribution in [-0.4, -0.2) is 19.0 Å². The average Bonchev–Trinajstić information content (AvgIpc) is 2.31. The van der Waals surface area contributed by atoms with Crippen LogP contribution in [0.1, 0.15) is 36.5 Å². The molecule has 94 valence electrons. The second kappa shape index (κ2) is 6.55. The third-order valence-corrected chi connectivity index (χ3v) is 3.20. The van der Waals surface area contributed by atoms with Crippen LogP contribution < -0.4 is 0 Å². The van der Waals surface area contributed by atoms with Crippen LogP contribution in [0.25, 0.3) is 0 Å². The SMILES string of the molecule is COC(C)CCC(=O)Cc1ccc(C)c(C)c1. The molecule has 1 atom stereocenters. The molecule has 0 aliphatic rings. The van der Waals surface area contributed by atoms with Crippen LogP contribution in [0, 0.1) is 13.8 Å². The summed E-state index contributed by atoms with van der Waals surface area (Å²) in [5.74, 6) is 0.289. The van der Waals surface area contributed by atoms with Crippen molar-refractivity contribution in [1.29, 1.82) is 0 Å². The first kappa shape index (κ1) is 13.9. The summed E-state index contributed by atoms with van der Waals surface area (Å²) < 4.78 is 5.13. The Morgan fingerprint density at radius 2 is 2.00 bits per heavy atom. The zero-order valence-corrected chi connectivity index (χ0v) is 11.2. The maximum atomic E-state index is 11.8. The summed E-state index contributed by atoms with van der Waals surface area (Å²) in [6.07, 6.45) is 2.11. The molecule has 0 aliphatic carbocycles. The van der Waals surface area contributed by atoms with Crippen molar-refractivity contribution in [3.05, 3.63) is 34.9 Å². The van der Waals surface area contributed by atoms with Crippen molar-refractivity contribution in [3.8, 4) is 0 Å². The number of Topliss-reactive ketones (excluding diaryl/α,β-unsaturated/α-hetero) is 1. The van der Waals surface area contributed by atoms with Gasteiger partial charge in [-0.3, -0.25) is 4.79 Å².